The SMILES string of the molecule is CC(C)(C)c1ccc(C(N)COc2ccc(F)cc2)cc1. The molecule has 2 aromatic rings. The van der Waals surface area contributed by atoms with Gasteiger partial charge in [-0.1, -0.05) is 45.0 Å². The van der Waals surface area contributed by atoms with Crippen LogP contribution >= 0.6 is 0 Å². The predicted molar refractivity (Wildman–Crippen MR) is 84.0 cm³/mol. The summed E-state index contributed by atoms with van der Waals surface area (Å²) in [5.41, 5.74) is 8.57. The van der Waals surface area contributed by atoms with Crippen LogP contribution in [0.3, 0.4) is 0 Å². The van der Waals surface area contributed by atoms with E-state index in [2.05, 4.69) is 32.9 Å². The van der Waals surface area contributed by atoms with Crippen LogP contribution in [0.2, 0.25) is 0 Å². The van der Waals surface area contributed by atoms with E-state index in [1.54, 1.807) is 12.1 Å². The Kier molecular flexibility index (Phi) is 4.63. The Labute approximate surface area is 125 Å². The molecule has 21 heavy (non-hydrogen) atoms. The van der Waals surface area contributed by atoms with Crippen LogP contribution in [-0.2, 0) is 5.41 Å². The van der Waals surface area contributed by atoms with E-state index in [9.17, 15) is 4.39 Å². The zero-order valence-electron chi connectivity index (χ0n) is 12.8. The maximum Gasteiger partial charge on any atom is 0.123 e. The molecule has 0 aliphatic heterocycles. The first-order valence-corrected chi connectivity index (χ1v) is 7.10. The number of nitrogens with two attached hydrogens (primary N) is 1. The van der Waals surface area contributed by atoms with E-state index in [0.717, 1.165) is 5.56 Å². The summed E-state index contributed by atoms with van der Waals surface area (Å²) in [4.78, 5) is 0. The van der Waals surface area contributed by atoms with E-state index in [1.165, 1.54) is 17.7 Å². The second-order valence-electron chi connectivity index (χ2n) is 6.24. The molecule has 0 aromatic heterocycles. The van der Waals surface area contributed by atoms with Crippen molar-refractivity contribution in [3.8, 4) is 5.75 Å². The van der Waals surface area contributed by atoms with Gasteiger partial charge in [0.1, 0.15) is 18.2 Å². The third kappa shape index (κ3) is 4.30. The Bertz CT molecular complexity index is 570. The minimum absolute atomic E-state index is 0.132. The highest BCUT2D eigenvalue weighted by Gasteiger charge is 2.14. The van der Waals surface area contributed by atoms with E-state index in [-0.39, 0.29) is 17.3 Å². The zero-order chi connectivity index (χ0) is 15.5. The lowest BCUT2D eigenvalue weighted by molar-refractivity contribution is 0.290. The summed E-state index contributed by atoms with van der Waals surface area (Å²) in [5, 5.41) is 0. The summed E-state index contributed by atoms with van der Waals surface area (Å²) in [6, 6.07) is 14.0. The zero-order valence-corrected chi connectivity index (χ0v) is 12.8. The molecular formula is C18H22FNO. The molecular weight excluding hydrogens is 265 g/mol. The Hall–Kier alpha value is -1.87. The van der Waals surface area contributed by atoms with Crippen LogP contribution < -0.4 is 10.5 Å². The van der Waals surface area contributed by atoms with Crippen molar-refractivity contribution in [2.45, 2.75) is 32.2 Å². The minimum Gasteiger partial charge on any atom is -0.492 e. The molecule has 1 atom stereocenters. The predicted octanol–water partition coefficient (Wildman–Crippen LogP) is 4.20. The van der Waals surface area contributed by atoms with Gasteiger partial charge in [-0.15, -0.1) is 0 Å². The molecule has 0 saturated heterocycles. The molecule has 2 rings (SSSR count). The maximum absolute atomic E-state index is 12.8. The van der Waals surface area contributed by atoms with Gasteiger partial charge in [0.15, 0.2) is 0 Å². The summed E-state index contributed by atoms with van der Waals surface area (Å²) < 4.78 is 18.4. The van der Waals surface area contributed by atoms with Crippen LogP contribution in [0.4, 0.5) is 4.39 Å². The molecule has 2 nitrogen and oxygen atoms in total. The fourth-order valence-electron chi connectivity index (χ4n) is 2.04. The Morgan fingerprint density at radius 3 is 2.10 bits per heavy atom. The highest BCUT2D eigenvalue weighted by molar-refractivity contribution is 5.29. The minimum atomic E-state index is -0.274. The lowest BCUT2D eigenvalue weighted by atomic mass is 9.86. The summed E-state index contributed by atoms with van der Waals surface area (Å²) in [7, 11) is 0. The monoisotopic (exact) mass is 287 g/mol. The summed E-state index contributed by atoms with van der Waals surface area (Å²) in [5.74, 6) is 0.350. The molecule has 0 bridgehead atoms. The molecule has 0 spiro atoms. The molecule has 0 aliphatic rings. The quantitative estimate of drug-likeness (QED) is 0.914. The molecule has 0 fully saturated rings. The Morgan fingerprint density at radius 1 is 1.00 bits per heavy atom. The molecule has 3 heteroatoms. The number of hydrogen-bond donors (Lipinski definition) is 1. The molecule has 112 valence electrons. The molecule has 2 aromatic carbocycles. The van der Waals surface area contributed by atoms with Crippen LogP contribution in [0.1, 0.15) is 37.9 Å². The average Bonchev–Trinajstić information content (AvgIpc) is 2.45. The number of ether oxygens (including phenoxy) is 1. The van der Waals surface area contributed by atoms with Crippen LogP contribution in [0.15, 0.2) is 48.5 Å². The van der Waals surface area contributed by atoms with Crippen molar-refractivity contribution >= 4 is 0 Å². The van der Waals surface area contributed by atoms with Crippen molar-refractivity contribution in [1.29, 1.82) is 0 Å². The lowest BCUT2D eigenvalue weighted by Gasteiger charge is -2.20. The molecule has 0 aliphatic carbocycles. The topological polar surface area (TPSA) is 35.2 Å². The van der Waals surface area contributed by atoms with Gasteiger partial charge < -0.3 is 10.5 Å². The third-order valence-electron chi connectivity index (χ3n) is 3.45. The fraction of sp³-hybridized carbons (Fsp3) is 0.333. The summed E-state index contributed by atoms with van der Waals surface area (Å²) in [6.45, 7) is 6.90. The number of halogens is 1. The van der Waals surface area contributed by atoms with Gasteiger partial charge in [-0.3, -0.25) is 0 Å². The van der Waals surface area contributed by atoms with E-state index in [0.29, 0.717) is 12.4 Å². The van der Waals surface area contributed by atoms with Crippen LogP contribution in [0.5, 0.6) is 5.75 Å². The van der Waals surface area contributed by atoms with Crippen LogP contribution in [0, 0.1) is 5.82 Å². The van der Waals surface area contributed by atoms with E-state index < -0.39 is 0 Å². The smallest absolute Gasteiger partial charge is 0.123 e. The van der Waals surface area contributed by atoms with Crippen molar-refractivity contribution in [1.82, 2.24) is 0 Å². The molecule has 1 unspecified atom stereocenters. The normalized spacial score (nSPS) is 13.0. The standard InChI is InChI=1S/C18H22FNO/c1-18(2,3)14-6-4-13(5-7-14)17(20)12-21-16-10-8-15(19)9-11-16/h4-11,17H,12,20H2,1-3H3. The van der Waals surface area contributed by atoms with Gasteiger partial charge in [0.2, 0.25) is 0 Å². The van der Waals surface area contributed by atoms with Crippen molar-refractivity contribution in [3.63, 3.8) is 0 Å². The van der Waals surface area contributed by atoms with Crippen molar-refractivity contribution in [3.05, 3.63) is 65.5 Å². The maximum atomic E-state index is 12.8. The molecule has 0 saturated carbocycles. The first kappa shape index (κ1) is 15.5. The highest BCUT2D eigenvalue weighted by Crippen LogP contribution is 2.23. The van der Waals surface area contributed by atoms with Crippen molar-refractivity contribution in [2.24, 2.45) is 5.73 Å². The van der Waals surface area contributed by atoms with Crippen molar-refractivity contribution in [2.75, 3.05) is 6.61 Å². The average molecular weight is 287 g/mol. The third-order valence-corrected chi connectivity index (χ3v) is 3.45. The van der Waals surface area contributed by atoms with Crippen LogP contribution in [-0.4, -0.2) is 6.61 Å². The number of hydrogen-bond acceptors (Lipinski definition) is 2. The van der Waals surface area contributed by atoms with Gasteiger partial charge in [0.25, 0.3) is 0 Å². The van der Waals surface area contributed by atoms with E-state index >= 15 is 0 Å². The Morgan fingerprint density at radius 2 is 1.57 bits per heavy atom. The van der Waals surface area contributed by atoms with Gasteiger partial charge in [0.05, 0.1) is 6.04 Å². The van der Waals surface area contributed by atoms with Gasteiger partial charge in [-0.2, -0.15) is 0 Å². The second kappa shape index (κ2) is 6.27. The highest BCUT2D eigenvalue weighted by atomic mass is 19.1. The van der Waals surface area contributed by atoms with E-state index in [4.69, 9.17) is 10.5 Å². The lowest BCUT2D eigenvalue weighted by Crippen LogP contribution is -2.19. The molecule has 0 radical (unpaired) electrons. The van der Waals surface area contributed by atoms with Crippen LogP contribution in [0.25, 0.3) is 0 Å². The van der Waals surface area contributed by atoms with Gasteiger partial charge in [-0.05, 0) is 40.8 Å². The van der Waals surface area contributed by atoms with Gasteiger partial charge >= 0.3 is 0 Å². The Balaban J connectivity index is 1.97. The second-order valence-corrected chi connectivity index (χ2v) is 6.24. The molecule has 2 N–H and O–H groups in total. The van der Waals surface area contributed by atoms with Crippen molar-refractivity contribution < 1.29 is 9.13 Å². The largest absolute Gasteiger partial charge is 0.492 e. The van der Waals surface area contributed by atoms with Gasteiger partial charge in [-0.25, -0.2) is 4.39 Å². The molecule has 0 amide bonds. The molecule has 0 heterocycles. The summed E-state index contributed by atoms with van der Waals surface area (Å²) >= 11 is 0. The first-order chi connectivity index (χ1) is 9.86. The van der Waals surface area contributed by atoms with Gasteiger partial charge in [0, 0.05) is 0 Å². The number of benzene rings is 2. The van der Waals surface area contributed by atoms with E-state index in [1.807, 2.05) is 12.1 Å². The first-order valence-electron chi connectivity index (χ1n) is 7.10. The summed E-state index contributed by atoms with van der Waals surface area (Å²) in [6.07, 6.45) is 0. The fourth-order valence-corrected chi connectivity index (χ4v) is 2.04. The number of rotatable bonds is 4.